The van der Waals surface area contributed by atoms with Crippen LogP contribution < -0.4 is 5.32 Å². The molecule has 1 N–H and O–H groups in total. The van der Waals surface area contributed by atoms with Crippen molar-refractivity contribution in [2.75, 3.05) is 7.05 Å². The van der Waals surface area contributed by atoms with E-state index in [9.17, 15) is 9.59 Å². The fraction of sp³-hybridized carbons (Fsp3) is 0.250. The van der Waals surface area contributed by atoms with E-state index >= 15 is 0 Å². The minimum absolute atomic E-state index is 0.366. The molecular formula is C12H12ClN3O2. The molecule has 0 aliphatic carbocycles. The van der Waals surface area contributed by atoms with Crippen molar-refractivity contribution >= 4 is 29.1 Å². The summed E-state index contributed by atoms with van der Waals surface area (Å²) in [6.07, 6.45) is 0. The Morgan fingerprint density at radius 1 is 1.39 bits per heavy atom. The van der Waals surface area contributed by atoms with Gasteiger partial charge in [-0.1, -0.05) is 11.6 Å². The van der Waals surface area contributed by atoms with Gasteiger partial charge in [0.05, 0.1) is 5.71 Å². The number of hydrogen-bond acceptors (Lipinski definition) is 4. The Hall–Kier alpha value is -1.72. The Morgan fingerprint density at radius 2 is 2.00 bits per heavy atom. The lowest BCUT2D eigenvalue weighted by molar-refractivity contribution is -0.127. The van der Waals surface area contributed by atoms with Crippen LogP contribution in [0, 0.1) is 0 Å². The molecule has 6 heteroatoms. The Balaban J connectivity index is 2.26. The highest BCUT2D eigenvalue weighted by Crippen LogP contribution is 2.16. The van der Waals surface area contributed by atoms with E-state index in [1.54, 1.807) is 38.2 Å². The third-order valence-electron chi connectivity index (χ3n) is 2.70. The number of likely N-dealkylation sites (N-methyl/N-ethyl adjacent to an activating group) is 1. The summed E-state index contributed by atoms with van der Waals surface area (Å²) in [5.74, 6) is -0.816. The van der Waals surface area contributed by atoms with Crippen molar-refractivity contribution < 1.29 is 9.59 Å². The third-order valence-corrected chi connectivity index (χ3v) is 2.96. The normalized spacial score (nSPS) is 19.1. The topological polar surface area (TPSA) is 61.8 Å². The van der Waals surface area contributed by atoms with Crippen LogP contribution in [0.3, 0.4) is 0 Å². The second-order valence-electron chi connectivity index (χ2n) is 3.93. The van der Waals surface area contributed by atoms with Crippen molar-refractivity contribution in [1.29, 1.82) is 0 Å². The van der Waals surface area contributed by atoms with Gasteiger partial charge in [0.2, 0.25) is 0 Å². The highest BCUT2D eigenvalue weighted by Gasteiger charge is 2.36. The molecule has 5 nitrogen and oxygen atoms in total. The smallest absolute Gasteiger partial charge is 0.281 e. The van der Waals surface area contributed by atoms with Gasteiger partial charge in [-0.05, 0) is 38.2 Å². The quantitative estimate of drug-likeness (QED) is 0.820. The van der Waals surface area contributed by atoms with Gasteiger partial charge in [-0.25, -0.2) is 0 Å². The second kappa shape index (κ2) is 4.88. The first kappa shape index (κ1) is 12.7. The van der Waals surface area contributed by atoms with E-state index < -0.39 is 11.9 Å². The van der Waals surface area contributed by atoms with E-state index in [-0.39, 0.29) is 5.91 Å². The zero-order valence-electron chi connectivity index (χ0n) is 9.98. The van der Waals surface area contributed by atoms with Crippen LogP contribution >= 0.6 is 11.6 Å². The second-order valence-corrected chi connectivity index (χ2v) is 4.36. The number of nitrogens with zero attached hydrogens (tertiary/aromatic N) is 2. The summed E-state index contributed by atoms with van der Waals surface area (Å²) in [5, 5.41) is 8.21. The molecule has 0 aromatic heterocycles. The van der Waals surface area contributed by atoms with Gasteiger partial charge in [0.25, 0.3) is 11.8 Å². The standard InChI is InChI=1S/C12H12ClN3O2/c1-7-10(14-2)12(18)16(15-7)11(17)8-3-5-9(13)6-4-8/h3-6,10,14H,1-2H3. The minimum atomic E-state index is -0.527. The van der Waals surface area contributed by atoms with Crippen LogP contribution in [-0.4, -0.2) is 35.6 Å². The number of rotatable bonds is 2. The zero-order chi connectivity index (χ0) is 13.3. The number of imide groups is 1. The van der Waals surface area contributed by atoms with Crippen molar-refractivity contribution in [3.05, 3.63) is 34.9 Å². The predicted molar refractivity (Wildman–Crippen MR) is 68.6 cm³/mol. The van der Waals surface area contributed by atoms with E-state index in [2.05, 4.69) is 10.4 Å². The van der Waals surface area contributed by atoms with Gasteiger partial charge in [-0.3, -0.25) is 9.59 Å². The van der Waals surface area contributed by atoms with E-state index in [4.69, 9.17) is 11.6 Å². The lowest BCUT2D eigenvalue weighted by atomic mass is 10.2. The summed E-state index contributed by atoms with van der Waals surface area (Å²) in [7, 11) is 1.65. The van der Waals surface area contributed by atoms with Gasteiger partial charge in [0.1, 0.15) is 6.04 Å². The van der Waals surface area contributed by atoms with Gasteiger partial charge in [-0.2, -0.15) is 10.1 Å². The molecule has 18 heavy (non-hydrogen) atoms. The van der Waals surface area contributed by atoms with Crippen molar-refractivity contribution in [1.82, 2.24) is 10.3 Å². The summed E-state index contributed by atoms with van der Waals surface area (Å²) >= 11 is 5.74. The number of benzene rings is 1. The molecule has 1 heterocycles. The summed E-state index contributed by atoms with van der Waals surface area (Å²) in [4.78, 5) is 24.0. The monoisotopic (exact) mass is 265 g/mol. The molecule has 2 amide bonds. The summed E-state index contributed by atoms with van der Waals surface area (Å²) in [5.41, 5.74) is 0.950. The molecule has 1 atom stereocenters. The summed E-state index contributed by atoms with van der Waals surface area (Å²) < 4.78 is 0. The molecule has 1 aromatic carbocycles. The van der Waals surface area contributed by atoms with Crippen LogP contribution in [0.25, 0.3) is 0 Å². The fourth-order valence-corrected chi connectivity index (χ4v) is 1.88. The highest BCUT2D eigenvalue weighted by atomic mass is 35.5. The number of carbonyl (C=O) groups is 2. The molecular weight excluding hydrogens is 254 g/mol. The Labute approximate surface area is 109 Å². The van der Waals surface area contributed by atoms with Gasteiger partial charge in [0, 0.05) is 10.6 Å². The Kier molecular flexibility index (Phi) is 3.45. The molecule has 1 aliphatic rings. The number of amides is 2. The third kappa shape index (κ3) is 2.14. The maximum atomic E-state index is 12.1. The molecule has 0 fully saturated rings. The molecule has 0 saturated carbocycles. The summed E-state index contributed by atoms with van der Waals surface area (Å²) in [6.45, 7) is 1.70. The first-order chi connectivity index (χ1) is 8.54. The molecule has 0 radical (unpaired) electrons. The number of hydrazone groups is 1. The van der Waals surface area contributed by atoms with Crippen molar-refractivity contribution in [2.45, 2.75) is 13.0 Å². The van der Waals surface area contributed by atoms with Gasteiger partial charge < -0.3 is 5.32 Å². The molecule has 0 saturated heterocycles. The molecule has 1 unspecified atom stereocenters. The Morgan fingerprint density at radius 3 is 2.50 bits per heavy atom. The summed E-state index contributed by atoms with van der Waals surface area (Å²) in [6, 6.07) is 5.80. The zero-order valence-corrected chi connectivity index (χ0v) is 10.7. The molecule has 2 rings (SSSR count). The minimum Gasteiger partial charge on any atom is -0.304 e. The van der Waals surface area contributed by atoms with Gasteiger partial charge in [-0.15, -0.1) is 0 Å². The molecule has 94 valence electrons. The van der Waals surface area contributed by atoms with E-state index in [0.29, 0.717) is 16.3 Å². The van der Waals surface area contributed by atoms with E-state index in [0.717, 1.165) is 5.01 Å². The van der Waals surface area contributed by atoms with Gasteiger partial charge in [0.15, 0.2) is 0 Å². The van der Waals surface area contributed by atoms with Crippen LogP contribution in [0.1, 0.15) is 17.3 Å². The van der Waals surface area contributed by atoms with Crippen LogP contribution in [0.2, 0.25) is 5.02 Å². The predicted octanol–water partition coefficient (Wildman–Crippen LogP) is 1.29. The number of hydrogen-bond donors (Lipinski definition) is 1. The number of carbonyl (C=O) groups excluding carboxylic acids is 2. The van der Waals surface area contributed by atoms with E-state index in [1.165, 1.54) is 0 Å². The van der Waals surface area contributed by atoms with Crippen molar-refractivity contribution in [2.24, 2.45) is 5.10 Å². The van der Waals surface area contributed by atoms with Crippen LogP contribution in [-0.2, 0) is 4.79 Å². The molecule has 0 spiro atoms. The fourth-order valence-electron chi connectivity index (χ4n) is 1.76. The van der Waals surface area contributed by atoms with Crippen LogP contribution in [0.5, 0.6) is 0 Å². The molecule has 0 bridgehead atoms. The maximum Gasteiger partial charge on any atom is 0.281 e. The lowest BCUT2D eigenvalue weighted by Gasteiger charge is -2.12. The van der Waals surface area contributed by atoms with Crippen LogP contribution in [0.4, 0.5) is 0 Å². The number of halogens is 1. The first-order valence-corrected chi connectivity index (χ1v) is 5.78. The maximum absolute atomic E-state index is 12.1. The molecule has 1 aliphatic heterocycles. The number of nitrogens with one attached hydrogen (secondary N) is 1. The highest BCUT2D eigenvalue weighted by molar-refractivity contribution is 6.30. The van der Waals surface area contributed by atoms with Crippen molar-refractivity contribution in [3.8, 4) is 0 Å². The van der Waals surface area contributed by atoms with Crippen molar-refractivity contribution in [3.63, 3.8) is 0 Å². The van der Waals surface area contributed by atoms with Crippen LogP contribution in [0.15, 0.2) is 29.4 Å². The largest absolute Gasteiger partial charge is 0.304 e. The SMILES string of the molecule is CNC1C(=O)N(C(=O)c2ccc(Cl)cc2)N=C1C. The first-order valence-electron chi connectivity index (χ1n) is 5.41. The average molecular weight is 266 g/mol. The Bertz CT molecular complexity index is 525. The average Bonchev–Trinajstić information content (AvgIpc) is 2.64. The van der Waals surface area contributed by atoms with E-state index in [1.807, 2.05) is 0 Å². The lowest BCUT2D eigenvalue weighted by Crippen LogP contribution is -2.42. The van der Waals surface area contributed by atoms with Gasteiger partial charge >= 0.3 is 0 Å². The molecule has 1 aromatic rings.